The maximum absolute atomic E-state index is 6.37. The summed E-state index contributed by atoms with van der Waals surface area (Å²) in [5.41, 5.74) is 8.93. The first-order chi connectivity index (χ1) is 9.32. The third-order valence-electron chi connectivity index (χ3n) is 4.66. The zero-order valence-corrected chi connectivity index (χ0v) is 18.4. The van der Waals surface area contributed by atoms with Gasteiger partial charge in [-0.25, -0.2) is 0 Å². The first kappa shape index (κ1) is 19.4. The van der Waals surface area contributed by atoms with Gasteiger partial charge in [0.15, 0.2) is 0 Å². The third kappa shape index (κ3) is 3.32. The molecule has 0 saturated heterocycles. The Labute approximate surface area is 153 Å². The molecule has 21 heavy (non-hydrogen) atoms. The maximum Gasteiger partial charge on any atom is -0.147 e. The third-order valence-corrected chi connectivity index (χ3v) is 8.47. The molecule has 0 radical (unpaired) electrons. The Kier molecular flexibility index (Phi) is 6.69. The van der Waals surface area contributed by atoms with Crippen LogP contribution < -0.4 is 0 Å². The maximum atomic E-state index is 6.37. The van der Waals surface area contributed by atoms with Crippen LogP contribution in [0.5, 0.6) is 0 Å². The van der Waals surface area contributed by atoms with Gasteiger partial charge in [-0.1, -0.05) is 0 Å². The molecule has 0 unspecified atom stereocenters. The van der Waals surface area contributed by atoms with Gasteiger partial charge < -0.3 is 0 Å². The van der Waals surface area contributed by atoms with Crippen LogP contribution in [0, 0.1) is 0 Å². The van der Waals surface area contributed by atoms with Crippen molar-refractivity contribution in [2.75, 3.05) is 0 Å². The monoisotopic (exact) mass is 399 g/mol. The van der Waals surface area contributed by atoms with E-state index in [0.29, 0.717) is 0 Å². The zero-order valence-electron chi connectivity index (χ0n) is 14.0. The van der Waals surface area contributed by atoms with Crippen LogP contribution in [-0.4, -0.2) is 14.0 Å². The van der Waals surface area contributed by atoms with E-state index in [0.717, 1.165) is 12.8 Å². The number of hydrogen-bond acceptors (Lipinski definition) is 1. The molecule has 2 rings (SSSR count). The normalized spacial score (nSPS) is 19.1. The largest absolute Gasteiger partial charge is 0.147 e. The average molecular weight is 401 g/mol. The van der Waals surface area contributed by atoms with Gasteiger partial charge in [-0.05, 0) is 0 Å². The van der Waals surface area contributed by atoms with E-state index < -0.39 is 8.80 Å². The summed E-state index contributed by atoms with van der Waals surface area (Å²) < 4.78 is 6.37. The van der Waals surface area contributed by atoms with Gasteiger partial charge >= 0.3 is 141 Å². The Morgan fingerprint density at radius 3 is 1.52 bits per heavy atom. The molecule has 0 atom stereocenters. The minimum Gasteiger partial charge on any atom is -0.147 e. The predicted octanol–water partition coefficient (Wildman–Crippen LogP) is 4.98. The first-order valence-electron chi connectivity index (χ1n) is 7.42. The Morgan fingerprint density at radius 2 is 1.33 bits per heavy atom. The molecule has 0 aromatic rings. The molecule has 1 nitrogen and oxygen atoms in total. The van der Waals surface area contributed by atoms with Gasteiger partial charge in [-0.2, -0.15) is 0 Å². The molecule has 0 aliphatic heterocycles. The molecule has 0 heterocycles. The summed E-state index contributed by atoms with van der Waals surface area (Å²) in [6, 6.07) is 0. The van der Waals surface area contributed by atoms with Gasteiger partial charge in [0, 0.05) is 0 Å². The van der Waals surface area contributed by atoms with Gasteiger partial charge in [0.25, 0.3) is 0 Å². The summed E-state index contributed by atoms with van der Waals surface area (Å²) in [7, 11) is -1.04. The van der Waals surface area contributed by atoms with Crippen LogP contribution in [0.15, 0.2) is 45.6 Å². The molecule has 0 amide bonds. The molecule has 2 aliphatic rings. The quantitative estimate of drug-likeness (QED) is 0.604. The SMILES string of the molecule is CC1=CC(C)=C(C([O][Zr])(C2=C(C)C=C(C)C2)[SiH](C)C)C1.Cl. The van der Waals surface area contributed by atoms with E-state index in [1.165, 1.54) is 47.5 Å². The Morgan fingerprint density at radius 1 is 0.952 bits per heavy atom. The molecule has 0 aromatic carbocycles. The number of rotatable bonds is 4. The van der Waals surface area contributed by atoms with Crippen LogP contribution in [0.4, 0.5) is 0 Å². The van der Waals surface area contributed by atoms with Crippen LogP contribution in [0.2, 0.25) is 13.1 Å². The summed E-state index contributed by atoms with van der Waals surface area (Å²) in [6.07, 6.45) is 6.89. The summed E-state index contributed by atoms with van der Waals surface area (Å²) in [4.78, 5) is 0. The van der Waals surface area contributed by atoms with Gasteiger partial charge in [0.2, 0.25) is 0 Å². The van der Waals surface area contributed by atoms with Crippen molar-refractivity contribution in [2.45, 2.75) is 58.9 Å². The number of halogens is 1. The van der Waals surface area contributed by atoms with E-state index in [-0.39, 0.29) is 17.6 Å². The van der Waals surface area contributed by atoms with Gasteiger partial charge in [-0.3, -0.25) is 0 Å². The smallest absolute Gasteiger partial charge is 0.147 e. The Balaban J connectivity index is 0.00000220. The topological polar surface area (TPSA) is 9.23 Å². The van der Waals surface area contributed by atoms with Crippen LogP contribution in [0.25, 0.3) is 0 Å². The fourth-order valence-electron chi connectivity index (χ4n) is 3.82. The Bertz CT molecular complexity index is 513. The predicted molar refractivity (Wildman–Crippen MR) is 92.1 cm³/mol. The number of hydrogen-bond donors (Lipinski definition) is 0. The zero-order chi connectivity index (χ0) is 15.1. The van der Waals surface area contributed by atoms with Crippen LogP contribution in [0.3, 0.4) is 0 Å². The van der Waals surface area contributed by atoms with Gasteiger partial charge in [0.1, 0.15) is 0 Å². The second-order valence-electron chi connectivity index (χ2n) is 6.65. The molecule has 4 heteroatoms. The standard InChI is InChI=1S/C17H25OSi.ClH.Zr/c1-11-7-13(3)15(9-11)17(18,19(5)6)16-10-12(2)8-14(16)4;;/h7-8,19H,9-10H2,1-6H3;1H;/q-1;;+1. The average Bonchev–Trinajstić information content (AvgIpc) is 2.84. The molecule has 0 saturated carbocycles. The summed E-state index contributed by atoms with van der Waals surface area (Å²) >= 11 is 1.19. The summed E-state index contributed by atoms with van der Waals surface area (Å²) in [5.74, 6) is 0. The van der Waals surface area contributed by atoms with Crippen LogP contribution in [-0.2, 0) is 28.0 Å². The molecule has 0 N–H and O–H groups in total. The van der Waals surface area contributed by atoms with E-state index in [9.17, 15) is 0 Å². The van der Waals surface area contributed by atoms with Crippen molar-refractivity contribution in [1.29, 1.82) is 0 Å². The molecule has 0 bridgehead atoms. The molecule has 0 fully saturated rings. The van der Waals surface area contributed by atoms with E-state index >= 15 is 0 Å². The van der Waals surface area contributed by atoms with Crippen LogP contribution in [0.1, 0.15) is 40.5 Å². The Hall–Kier alpha value is 0.310. The second-order valence-corrected chi connectivity index (χ2v) is 10.3. The second kappa shape index (κ2) is 7.25. The minimum absolute atomic E-state index is 0. The van der Waals surface area contributed by atoms with Crippen molar-refractivity contribution < 1.29 is 28.0 Å². The van der Waals surface area contributed by atoms with E-state index in [1.807, 2.05) is 0 Å². The molecular formula is C17H26ClOSiZr. The fraction of sp³-hybridized carbons (Fsp3) is 0.529. The van der Waals surface area contributed by atoms with E-state index in [1.54, 1.807) is 11.1 Å². The van der Waals surface area contributed by atoms with Crippen molar-refractivity contribution in [1.82, 2.24) is 0 Å². The first-order valence-corrected chi connectivity index (χ1v) is 11.3. The van der Waals surface area contributed by atoms with Crippen molar-refractivity contribution in [3.05, 3.63) is 45.6 Å². The van der Waals surface area contributed by atoms with Crippen molar-refractivity contribution in [3.63, 3.8) is 0 Å². The van der Waals surface area contributed by atoms with E-state index in [4.69, 9.17) is 2.81 Å². The van der Waals surface area contributed by atoms with Gasteiger partial charge in [0.05, 0.1) is 0 Å². The molecule has 115 valence electrons. The molecular weight excluding hydrogens is 375 g/mol. The number of allylic oxidation sites excluding steroid dienone is 6. The van der Waals surface area contributed by atoms with Crippen molar-refractivity contribution in [2.24, 2.45) is 0 Å². The van der Waals surface area contributed by atoms with Crippen molar-refractivity contribution in [3.8, 4) is 0 Å². The summed E-state index contributed by atoms with van der Waals surface area (Å²) in [6.45, 7) is 13.9. The van der Waals surface area contributed by atoms with Crippen LogP contribution >= 0.6 is 12.4 Å². The molecule has 2 aliphatic carbocycles. The van der Waals surface area contributed by atoms with Crippen molar-refractivity contribution >= 4 is 21.2 Å². The molecule has 0 spiro atoms. The van der Waals surface area contributed by atoms with Gasteiger partial charge in [-0.15, -0.1) is 12.4 Å². The summed E-state index contributed by atoms with van der Waals surface area (Å²) in [5, 5.41) is -0.0605. The fourth-order valence-corrected chi connectivity index (χ4v) is 8.45. The minimum atomic E-state index is -1.04. The van der Waals surface area contributed by atoms with E-state index in [2.05, 4.69) is 52.9 Å². The molecule has 0 aromatic heterocycles.